The van der Waals surface area contributed by atoms with Crippen LogP contribution in [0.4, 0.5) is 5.69 Å². The highest BCUT2D eigenvalue weighted by molar-refractivity contribution is 5.78. The number of nitrogen functional groups attached to an aromatic ring is 1. The van der Waals surface area contributed by atoms with Crippen molar-refractivity contribution in [3.8, 4) is 0 Å². The molecule has 1 atom stereocenters. The maximum atomic E-state index is 11.9. The molecule has 0 fully saturated rings. The molecule has 0 aliphatic carbocycles. The molecule has 20 heavy (non-hydrogen) atoms. The summed E-state index contributed by atoms with van der Waals surface area (Å²) in [7, 11) is 0. The first kappa shape index (κ1) is 14.2. The zero-order valence-corrected chi connectivity index (χ0v) is 11.6. The molecule has 0 aliphatic heterocycles. The molecule has 4 nitrogen and oxygen atoms in total. The molecule has 1 heterocycles. The maximum Gasteiger partial charge on any atom is 0.224 e. The van der Waals surface area contributed by atoms with Crippen LogP contribution in [0.2, 0.25) is 0 Å². The van der Waals surface area contributed by atoms with Crippen LogP contribution < -0.4 is 11.1 Å². The van der Waals surface area contributed by atoms with Crippen LogP contribution in [0.3, 0.4) is 0 Å². The molecule has 106 valence electrons. The normalized spacial score (nSPS) is 12.1. The molecule has 4 heteroatoms. The quantitative estimate of drug-likeness (QED) is 0.794. The lowest BCUT2D eigenvalue weighted by Crippen LogP contribution is -2.34. The summed E-state index contributed by atoms with van der Waals surface area (Å²) in [5.74, 6) is 0.978. The number of nitrogens with two attached hydrogens (primary N) is 1. The van der Waals surface area contributed by atoms with Gasteiger partial charge in [0, 0.05) is 18.2 Å². The molecule has 1 aromatic carbocycles. The number of furan rings is 1. The number of carbonyl (C=O) groups excluding carboxylic acids is 1. The second-order valence-corrected chi connectivity index (χ2v) is 5.00. The van der Waals surface area contributed by atoms with Gasteiger partial charge in [-0.3, -0.25) is 4.79 Å². The molecule has 1 aromatic heterocycles. The molecule has 0 saturated carbocycles. The Balaban J connectivity index is 1.74. The average Bonchev–Trinajstić information content (AvgIpc) is 2.92. The number of nitrogens with one attached hydrogen (secondary N) is 1. The Bertz CT molecular complexity index is 532. The van der Waals surface area contributed by atoms with Gasteiger partial charge in [-0.1, -0.05) is 12.1 Å². The first-order valence-corrected chi connectivity index (χ1v) is 6.79. The van der Waals surface area contributed by atoms with E-state index in [4.69, 9.17) is 10.2 Å². The zero-order valence-electron chi connectivity index (χ0n) is 11.6. The van der Waals surface area contributed by atoms with Crippen molar-refractivity contribution < 1.29 is 9.21 Å². The fourth-order valence-electron chi connectivity index (χ4n) is 2.03. The third-order valence-electron chi connectivity index (χ3n) is 3.16. The fourth-order valence-corrected chi connectivity index (χ4v) is 2.03. The Kier molecular flexibility index (Phi) is 4.82. The lowest BCUT2D eigenvalue weighted by Gasteiger charge is -2.13. The van der Waals surface area contributed by atoms with Crippen LogP contribution in [0.15, 0.2) is 47.1 Å². The summed E-state index contributed by atoms with van der Waals surface area (Å²) in [4.78, 5) is 11.9. The minimum Gasteiger partial charge on any atom is -0.469 e. The van der Waals surface area contributed by atoms with E-state index in [2.05, 4.69) is 5.32 Å². The van der Waals surface area contributed by atoms with E-state index >= 15 is 0 Å². The van der Waals surface area contributed by atoms with Crippen molar-refractivity contribution in [3.63, 3.8) is 0 Å². The Morgan fingerprint density at radius 3 is 2.70 bits per heavy atom. The van der Waals surface area contributed by atoms with Crippen LogP contribution in [0, 0.1) is 0 Å². The lowest BCUT2D eigenvalue weighted by molar-refractivity contribution is -0.121. The highest BCUT2D eigenvalue weighted by Crippen LogP contribution is 2.08. The van der Waals surface area contributed by atoms with Crippen molar-refractivity contribution in [2.75, 3.05) is 5.73 Å². The molecule has 0 bridgehead atoms. The largest absolute Gasteiger partial charge is 0.469 e. The molecule has 2 rings (SSSR count). The van der Waals surface area contributed by atoms with E-state index in [0.29, 0.717) is 12.1 Å². The Labute approximate surface area is 119 Å². The summed E-state index contributed by atoms with van der Waals surface area (Å²) in [6, 6.07) is 11.3. The highest BCUT2D eigenvalue weighted by atomic mass is 16.3. The van der Waals surface area contributed by atoms with Crippen LogP contribution in [0.25, 0.3) is 0 Å². The molecule has 3 N–H and O–H groups in total. The first-order chi connectivity index (χ1) is 9.63. The third kappa shape index (κ3) is 4.46. The van der Waals surface area contributed by atoms with E-state index in [1.165, 1.54) is 0 Å². The summed E-state index contributed by atoms with van der Waals surface area (Å²) >= 11 is 0. The average molecular weight is 272 g/mol. The van der Waals surface area contributed by atoms with Crippen LogP contribution in [-0.4, -0.2) is 11.9 Å². The standard InChI is InChI=1S/C16H20N2O2/c1-12(4-9-15-3-2-10-20-15)18-16(19)11-13-5-7-14(17)8-6-13/h2-3,5-8,10,12H,4,9,11,17H2,1H3,(H,18,19). The molecule has 0 radical (unpaired) electrons. The minimum absolute atomic E-state index is 0.0294. The Hall–Kier alpha value is -2.23. The smallest absolute Gasteiger partial charge is 0.224 e. The maximum absolute atomic E-state index is 11.9. The van der Waals surface area contributed by atoms with Gasteiger partial charge >= 0.3 is 0 Å². The van der Waals surface area contributed by atoms with Gasteiger partial charge < -0.3 is 15.5 Å². The molecule has 0 spiro atoms. The van der Waals surface area contributed by atoms with E-state index < -0.39 is 0 Å². The molecular weight excluding hydrogens is 252 g/mol. The van der Waals surface area contributed by atoms with Crippen LogP contribution >= 0.6 is 0 Å². The molecule has 0 saturated heterocycles. The summed E-state index contributed by atoms with van der Waals surface area (Å²) in [5, 5.41) is 2.99. The molecule has 0 aliphatic rings. The lowest BCUT2D eigenvalue weighted by atomic mass is 10.1. The van der Waals surface area contributed by atoms with Crippen molar-refractivity contribution >= 4 is 11.6 Å². The van der Waals surface area contributed by atoms with E-state index in [0.717, 1.165) is 24.2 Å². The Morgan fingerprint density at radius 2 is 2.05 bits per heavy atom. The number of hydrogen-bond donors (Lipinski definition) is 2. The topological polar surface area (TPSA) is 68.3 Å². The van der Waals surface area contributed by atoms with Crippen molar-refractivity contribution in [2.24, 2.45) is 0 Å². The number of anilines is 1. The van der Waals surface area contributed by atoms with Gasteiger partial charge in [-0.15, -0.1) is 0 Å². The van der Waals surface area contributed by atoms with Crippen LogP contribution in [-0.2, 0) is 17.6 Å². The van der Waals surface area contributed by atoms with E-state index in [-0.39, 0.29) is 11.9 Å². The second-order valence-electron chi connectivity index (χ2n) is 5.00. The van der Waals surface area contributed by atoms with Crippen molar-refractivity contribution in [1.29, 1.82) is 0 Å². The summed E-state index contributed by atoms with van der Waals surface area (Å²) in [6.07, 6.45) is 3.74. The monoisotopic (exact) mass is 272 g/mol. The van der Waals surface area contributed by atoms with Gasteiger partial charge in [0.2, 0.25) is 5.91 Å². The van der Waals surface area contributed by atoms with Gasteiger partial charge in [0.1, 0.15) is 5.76 Å². The van der Waals surface area contributed by atoms with Crippen molar-refractivity contribution in [1.82, 2.24) is 5.32 Å². The minimum atomic E-state index is 0.0294. The number of carbonyl (C=O) groups is 1. The van der Waals surface area contributed by atoms with Gasteiger partial charge in [-0.05, 0) is 43.2 Å². The summed E-state index contributed by atoms with van der Waals surface area (Å²) < 4.78 is 5.27. The summed E-state index contributed by atoms with van der Waals surface area (Å²) in [5.41, 5.74) is 7.29. The summed E-state index contributed by atoms with van der Waals surface area (Å²) in [6.45, 7) is 2.00. The SMILES string of the molecule is CC(CCc1ccco1)NC(=O)Cc1ccc(N)cc1. The van der Waals surface area contributed by atoms with Gasteiger partial charge in [-0.2, -0.15) is 0 Å². The second kappa shape index (κ2) is 6.80. The van der Waals surface area contributed by atoms with Gasteiger partial charge in [0.05, 0.1) is 12.7 Å². The van der Waals surface area contributed by atoms with Gasteiger partial charge in [-0.25, -0.2) is 0 Å². The molecule has 2 aromatic rings. The van der Waals surface area contributed by atoms with E-state index in [1.807, 2.05) is 43.3 Å². The number of hydrogen-bond acceptors (Lipinski definition) is 3. The fraction of sp³-hybridized carbons (Fsp3) is 0.312. The number of amides is 1. The predicted octanol–water partition coefficient (Wildman–Crippen LogP) is 2.54. The van der Waals surface area contributed by atoms with Gasteiger partial charge in [0.15, 0.2) is 0 Å². The molecular formula is C16H20N2O2. The van der Waals surface area contributed by atoms with E-state index in [1.54, 1.807) is 6.26 Å². The number of aryl methyl sites for hydroxylation is 1. The Morgan fingerprint density at radius 1 is 1.30 bits per heavy atom. The number of benzene rings is 1. The van der Waals surface area contributed by atoms with E-state index in [9.17, 15) is 4.79 Å². The van der Waals surface area contributed by atoms with Crippen molar-refractivity contribution in [2.45, 2.75) is 32.2 Å². The first-order valence-electron chi connectivity index (χ1n) is 6.79. The molecule has 1 unspecified atom stereocenters. The van der Waals surface area contributed by atoms with Crippen molar-refractivity contribution in [3.05, 3.63) is 54.0 Å². The van der Waals surface area contributed by atoms with Crippen LogP contribution in [0.5, 0.6) is 0 Å². The highest BCUT2D eigenvalue weighted by Gasteiger charge is 2.09. The predicted molar refractivity (Wildman–Crippen MR) is 79.2 cm³/mol. The number of rotatable bonds is 6. The van der Waals surface area contributed by atoms with Gasteiger partial charge in [0.25, 0.3) is 0 Å². The molecule has 1 amide bonds. The van der Waals surface area contributed by atoms with Crippen LogP contribution in [0.1, 0.15) is 24.7 Å². The third-order valence-corrected chi connectivity index (χ3v) is 3.16. The zero-order chi connectivity index (χ0) is 14.4.